The second kappa shape index (κ2) is 27.5. The number of carboxylic acid groups (broad SMARTS) is 2. The lowest BCUT2D eigenvalue weighted by Crippen LogP contribution is -2.44. The molecule has 0 spiro atoms. The van der Waals surface area contributed by atoms with E-state index in [-0.39, 0.29) is 12.8 Å². The summed E-state index contributed by atoms with van der Waals surface area (Å²) >= 11 is -3.64. The number of hydrogen-bond acceptors (Lipinski definition) is 11. The molecule has 14 nitrogen and oxygen atoms in total. The van der Waals surface area contributed by atoms with Gasteiger partial charge in [0.2, 0.25) is 22.2 Å². The van der Waals surface area contributed by atoms with Crippen LogP contribution in [0, 0.1) is 0 Å². The Morgan fingerprint density at radius 2 is 0.761 bits per heavy atom. The summed E-state index contributed by atoms with van der Waals surface area (Å²) in [5, 5.41) is 26.8. The van der Waals surface area contributed by atoms with Crippen LogP contribution in [-0.2, 0) is 64.4 Å². The molecule has 7 aromatic rings. The lowest BCUT2D eigenvalue weighted by Gasteiger charge is -2.16. The minimum Gasteiger partial charge on any atom is -0.480 e. The Labute approximate surface area is 393 Å². The maximum Gasteiger partial charge on any atom is 0.323 e. The molecule has 67 heavy (non-hydrogen) atoms. The van der Waals surface area contributed by atoms with Gasteiger partial charge in [-0.3, -0.25) is 19.6 Å². The quantitative estimate of drug-likeness (QED) is 0.0314. The summed E-state index contributed by atoms with van der Waals surface area (Å²) in [5.74, 6) is -2.71. The highest BCUT2D eigenvalue weighted by molar-refractivity contribution is 7.80. The van der Waals surface area contributed by atoms with Crippen LogP contribution in [0.25, 0.3) is 22.3 Å². The fraction of sp³-hybridized carbons (Fsp3) is 0.118. The van der Waals surface area contributed by atoms with E-state index in [1.165, 1.54) is 0 Å². The number of hydroxylamine groups is 3. The Hall–Kier alpha value is -6.99. The molecule has 0 saturated heterocycles. The summed E-state index contributed by atoms with van der Waals surface area (Å²) in [6.45, 7) is 0. The third-order valence-electron chi connectivity index (χ3n) is 9.75. The molecule has 5 unspecified atom stereocenters. The lowest BCUT2D eigenvalue weighted by atomic mass is 10.1. The molecule has 16 heteroatoms. The SMILES string of the molecule is NC(Cc1ccccc1)C(=O)O.O=C(NO)C(Cc1ccccc1)NOS(=O)c1ccc(-c2ccccc2)cc1.O=C(O)C(Cc1ccccc1)NOS(=O)c1ccc(-c2ccccc2)cc1. The minimum atomic E-state index is -1.82. The molecule has 0 aliphatic carbocycles. The Morgan fingerprint density at radius 1 is 0.448 bits per heavy atom. The number of amides is 1. The summed E-state index contributed by atoms with van der Waals surface area (Å²) in [7, 11) is 0. The average Bonchev–Trinajstić information content (AvgIpc) is 3.38. The van der Waals surface area contributed by atoms with Crippen molar-refractivity contribution in [2.24, 2.45) is 5.73 Å². The highest BCUT2D eigenvalue weighted by atomic mass is 32.2. The second-order valence-corrected chi connectivity index (χ2v) is 16.8. The number of nitrogens with one attached hydrogen (secondary N) is 3. The van der Waals surface area contributed by atoms with Crippen LogP contribution in [0.2, 0.25) is 0 Å². The molecule has 8 N–H and O–H groups in total. The molecule has 0 aliphatic rings. The summed E-state index contributed by atoms with van der Waals surface area (Å²) in [6.07, 6.45) is 0.869. The molecule has 5 atom stereocenters. The Morgan fingerprint density at radius 3 is 1.10 bits per heavy atom. The van der Waals surface area contributed by atoms with Gasteiger partial charge in [-0.05, 0) is 76.1 Å². The first kappa shape index (κ1) is 51.0. The van der Waals surface area contributed by atoms with E-state index < -0.39 is 58.1 Å². The molecule has 0 bridgehead atoms. The number of carbonyl (C=O) groups excluding carboxylic acids is 1. The molecule has 7 aromatic carbocycles. The van der Waals surface area contributed by atoms with Crippen molar-refractivity contribution in [3.63, 3.8) is 0 Å². The fourth-order valence-corrected chi connectivity index (χ4v) is 7.49. The van der Waals surface area contributed by atoms with Crippen LogP contribution >= 0.6 is 0 Å². The predicted octanol–water partition coefficient (Wildman–Crippen LogP) is 7.25. The molecule has 1 amide bonds. The smallest absolute Gasteiger partial charge is 0.323 e. The van der Waals surface area contributed by atoms with Crippen LogP contribution in [0.1, 0.15) is 16.7 Å². The highest BCUT2D eigenvalue weighted by Crippen LogP contribution is 2.22. The van der Waals surface area contributed by atoms with E-state index in [4.69, 9.17) is 24.6 Å². The van der Waals surface area contributed by atoms with Crippen LogP contribution in [-0.4, -0.2) is 59.8 Å². The van der Waals surface area contributed by atoms with Crippen molar-refractivity contribution >= 4 is 40.0 Å². The number of hydrogen-bond donors (Lipinski definition) is 7. The minimum absolute atomic E-state index is 0.223. The van der Waals surface area contributed by atoms with Crippen LogP contribution in [0.5, 0.6) is 0 Å². The van der Waals surface area contributed by atoms with Crippen molar-refractivity contribution in [3.8, 4) is 22.3 Å². The monoisotopic (exact) mass is 942 g/mol. The zero-order valence-electron chi connectivity index (χ0n) is 36.0. The number of nitrogens with two attached hydrogens (primary N) is 1. The third-order valence-corrected chi connectivity index (χ3v) is 11.6. The van der Waals surface area contributed by atoms with Gasteiger partial charge in [-0.15, -0.1) is 0 Å². The zero-order chi connectivity index (χ0) is 47.8. The van der Waals surface area contributed by atoms with Gasteiger partial charge in [0.1, 0.15) is 18.1 Å². The Bertz CT molecular complexity index is 2620. The van der Waals surface area contributed by atoms with Gasteiger partial charge in [0.25, 0.3) is 5.91 Å². The second-order valence-electron chi connectivity index (χ2n) is 14.6. The number of carbonyl (C=O) groups is 3. The van der Waals surface area contributed by atoms with Crippen LogP contribution in [0.15, 0.2) is 210 Å². The number of aliphatic carboxylic acids is 2. The van der Waals surface area contributed by atoms with E-state index in [2.05, 4.69) is 11.0 Å². The van der Waals surface area contributed by atoms with Crippen LogP contribution < -0.4 is 22.2 Å². The molecule has 0 aliphatic heterocycles. The Balaban J connectivity index is 0.000000203. The van der Waals surface area contributed by atoms with Crippen molar-refractivity contribution in [1.29, 1.82) is 0 Å². The van der Waals surface area contributed by atoms with Gasteiger partial charge in [-0.25, -0.2) is 13.9 Å². The van der Waals surface area contributed by atoms with Crippen molar-refractivity contribution in [3.05, 3.63) is 217 Å². The molecule has 0 aromatic heterocycles. The molecule has 0 heterocycles. The van der Waals surface area contributed by atoms with Gasteiger partial charge in [-0.1, -0.05) is 176 Å². The van der Waals surface area contributed by atoms with Crippen molar-refractivity contribution in [1.82, 2.24) is 16.4 Å². The summed E-state index contributed by atoms with van der Waals surface area (Å²) < 4.78 is 35.0. The van der Waals surface area contributed by atoms with Gasteiger partial charge in [0.05, 0.1) is 9.79 Å². The zero-order valence-corrected chi connectivity index (χ0v) is 37.6. The maximum absolute atomic E-state index is 12.4. The molecule has 346 valence electrons. The summed E-state index contributed by atoms with van der Waals surface area (Å²) in [4.78, 5) is 34.6. The van der Waals surface area contributed by atoms with Crippen molar-refractivity contribution in [2.45, 2.75) is 47.2 Å². The lowest BCUT2D eigenvalue weighted by molar-refractivity contribution is -0.141. The van der Waals surface area contributed by atoms with Gasteiger partial charge >= 0.3 is 11.9 Å². The van der Waals surface area contributed by atoms with E-state index >= 15 is 0 Å². The van der Waals surface area contributed by atoms with Crippen molar-refractivity contribution in [2.75, 3.05) is 0 Å². The Kier molecular flexibility index (Phi) is 20.9. The van der Waals surface area contributed by atoms with E-state index in [1.54, 1.807) is 29.7 Å². The molecule has 7 rings (SSSR count). The molecular weight excluding hydrogens is 893 g/mol. The predicted molar refractivity (Wildman–Crippen MR) is 256 cm³/mol. The highest BCUT2D eigenvalue weighted by Gasteiger charge is 2.21. The normalized spacial score (nSPS) is 12.9. The van der Waals surface area contributed by atoms with Gasteiger partial charge < -0.3 is 15.9 Å². The molecule has 0 fully saturated rings. The third kappa shape index (κ3) is 17.4. The maximum atomic E-state index is 12.4. The van der Waals surface area contributed by atoms with Crippen LogP contribution in [0.3, 0.4) is 0 Å². The molecule has 0 saturated carbocycles. The van der Waals surface area contributed by atoms with Gasteiger partial charge in [-0.2, -0.15) is 19.5 Å². The fourth-order valence-electron chi connectivity index (χ4n) is 6.18. The first-order valence-corrected chi connectivity index (χ1v) is 22.9. The number of carboxylic acids is 2. The summed E-state index contributed by atoms with van der Waals surface area (Å²) in [6, 6.07) is 59.0. The standard InChI is InChI=1S/C21H20N2O4S.C21H19NO4S.C9H11NO2/c24-21(22-25)20(15-16-7-3-1-4-8-16)23-27-28(26)19-13-11-18(12-14-19)17-9-5-2-6-10-17;23-21(24)20(15-16-7-3-1-4-8-16)22-26-27(25)19-13-11-18(12-14-19)17-9-5-2-6-10-17;10-8(9(11)12)6-7-4-2-1-3-5-7/h1-14,20,23,25H,15H2,(H,22,24);1-14,20,22H,15H2,(H,23,24);1-5,8H,6,10H2,(H,11,12). The van der Waals surface area contributed by atoms with Gasteiger partial charge in [0.15, 0.2) is 0 Å². The van der Waals surface area contributed by atoms with E-state index in [0.29, 0.717) is 16.2 Å². The molecule has 0 radical (unpaired) electrons. The van der Waals surface area contributed by atoms with E-state index in [1.807, 2.05) is 176 Å². The van der Waals surface area contributed by atoms with E-state index in [0.717, 1.165) is 38.9 Å². The van der Waals surface area contributed by atoms with Gasteiger partial charge in [0, 0.05) is 6.42 Å². The molecular formula is C51H50N4O10S2. The number of rotatable bonds is 19. The van der Waals surface area contributed by atoms with Crippen LogP contribution in [0.4, 0.5) is 0 Å². The average molecular weight is 943 g/mol. The first-order chi connectivity index (χ1) is 32.5. The van der Waals surface area contributed by atoms with Crippen molar-refractivity contribution < 1.29 is 46.8 Å². The largest absolute Gasteiger partial charge is 0.480 e. The summed E-state index contributed by atoms with van der Waals surface area (Å²) in [5.41, 5.74) is 18.6. The first-order valence-electron chi connectivity index (χ1n) is 20.8. The topological polar surface area (TPSA) is 227 Å². The number of benzene rings is 7. The van der Waals surface area contributed by atoms with E-state index in [9.17, 15) is 27.9 Å².